The summed E-state index contributed by atoms with van der Waals surface area (Å²) in [5.74, 6) is 2.18. The molecular formula is C11H22BClO3. The topological polar surface area (TPSA) is 49.7 Å². The van der Waals surface area contributed by atoms with E-state index >= 15 is 0 Å². The van der Waals surface area contributed by atoms with Gasteiger partial charge in [-0.25, -0.2) is 0 Å². The van der Waals surface area contributed by atoms with E-state index in [4.69, 9.17) is 16.3 Å². The lowest BCUT2D eigenvalue weighted by Gasteiger charge is -2.38. The first-order chi connectivity index (χ1) is 7.20. The molecule has 0 amide bonds. The summed E-state index contributed by atoms with van der Waals surface area (Å²) in [7, 11) is -1.00. The largest absolute Gasteiger partial charge is 0.483 e. The quantitative estimate of drug-likeness (QED) is 0.412. The van der Waals surface area contributed by atoms with Crippen LogP contribution in [0.5, 0.6) is 0 Å². The average molecular weight is 249 g/mol. The molecule has 3 nitrogen and oxygen atoms in total. The first-order valence-corrected chi connectivity index (χ1v) is 6.05. The highest BCUT2D eigenvalue weighted by atomic mass is 35.5. The standard InChI is InChI=1S/C11H22BClO3/c1-10(2,14)11(3,4)16-12(15)8-6-5-7-9-13/h6,8,14-15H,5,7,9H2,1-4H3/b8-6+. The van der Waals surface area contributed by atoms with Gasteiger partial charge in [0, 0.05) is 5.88 Å². The van der Waals surface area contributed by atoms with Gasteiger partial charge in [-0.15, -0.1) is 11.6 Å². The van der Waals surface area contributed by atoms with Crippen molar-refractivity contribution >= 4 is 18.7 Å². The summed E-state index contributed by atoms with van der Waals surface area (Å²) in [5.41, 5.74) is -1.83. The predicted molar refractivity (Wildman–Crippen MR) is 68.5 cm³/mol. The highest BCUT2D eigenvalue weighted by Gasteiger charge is 2.38. The molecule has 94 valence electrons. The van der Waals surface area contributed by atoms with Crippen LogP contribution in [-0.4, -0.2) is 34.3 Å². The molecule has 0 bridgehead atoms. The molecule has 5 heteroatoms. The number of aliphatic hydroxyl groups is 1. The molecular weight excluding hydrogens is 226 g/mol. The Kier molecular flexibility index (Phi) is 6.64. The zero-order chi connectivity index (χ0) is 12.8. The minimum atomic E-state index is -1.02. The zero-order valence-electron chi connectivity index (χ0n) is 10.5. The lowest BCUT2D eigenvalue weighted by molar-refractivity contribution is -0.0984. The first kappa shape index (κ1) is 16.0. The number of rotatable bonds is 7. The Hall–Kier alpha value is -0.0251. The summed E-state index contributed by atoms with van der Waals surface area (Å²) in [6.07, 6.45) is 3.51. The Morgan fingerprint density at radius 2 is 1.88 bits per heavy atom. The summed E-state index contributed by atoms with van der Waals surface area (Å²) in [6, 6.07) is 0. The van der Waals surface area contributed by atoms with E-state index in [2.05, 4.69) is 0 Å². The molecule has 0 aromatic rings. The smallest absolute Gasteiger partial charge is 0.423 e. The molecule has 0 radical (unpaired) electrons. The van der Waals surface area contributed by atoms with Crippen LogP contribution in [0.2, 0.25) is 0 Å². The Labute approximate surface area is 104 Å². The fraction of sp³-hybridized carbons (Fsp3) is 0.818. The maximum Gasteiger partial charge on any atom is 0.483 e. The highest BCUT2D eigenvalue weighted by Crippen LogP contribution is 2.25. The Morgan fingerprint density at radius 3 is 2.31 bits per heavy atom. The van der Waals surface area contributed by atoms with Crippen molar-refractivity contribution in [2.75, 3.05) is 5.88 Å². The zero-order valence-corrected chi connectivity index (χ0v) is 11.3. The third-order valence-corrected chi connectivity index (χ3v) is 2.96. The van der Waals surface area contributed by atoms with Crippen LogP contribution in [0.15, 0.2) is 12.1 Å². The maximum absolute atomic E-state index is 9.83. The molecule has 0 spiro atoms. The molecule has 2 N–H and O–H groups in total. The SMILES string of the molecule is CC(C)(O)C(C)(C)OB(O)/C=C/CCCCl. The average Bonchev–Trinajstić information content (AvgIpc) is 2.10. The molecule has 0 aliphatic heterocycles. The molecule has 0 saturated heterocycles. The second-order valence-corrected chi connectivity index (χ2v) is 5.22. The molecule has 16 heavy (non-hydrogen) atoms. The molecule has 0 aliphatic carbocycles. The van der Waals surface area contributed by atoms with Crippen LogP contribution in [0, 0.1) is 0 Å². The fourth-order valence-electron chi connectivity index (χ4n) is 0.893. The normalized spacial score (nSPS) is 13.4. The monoisotopic (exact) mass is 248 g/mol. The molecule has 0 atom stereocenters. The van der Waals surface area contributed by atoms with Crippen LogP contribution in [0.4, 0.5) is 0 Å². The van der Waals surface area contributed by atoms with Crippen molar-refractivity contribution < 1.29 is 14.8 Å². The summed E-state index contributed by atoms with van der Waals surface area (Å²) >= 11 is 5.52. The maximum atomic E-state index is 9.83. The molecule has 0 saturated carbocycles. The van der Waals surface area contributed by atoms with Crippen molar-refractivity contribution in [1.29, 1.82) is 0 Å². The van der Waals surface area contributed by atoms with Gasteiger partial charge in [-0.3, -0.25) is 0 Å². The number of alkyl halides is 1. The molecule has 0 unspecified atom stereocenters. The molecule has 0 aliphatic rings. The van der Waals surface area contributed by atoms with Crippen molar-refractivity contribution in [3.05, 3.63) is 12.1 Å². The van der Waals surface area contributed by atoms with E-state index in [1.165, 1.54) is 0 Å². The van der Waals surface area contributed by atoms with Gasteiger partial charge in [0.25, 0.3) is 0 Å². The van der Waals surface area contributed by atoms with Crippen molar-refractivity contribution in [2.24, 2.45) is 0 Å². The molecule has 0 aromatic carbocycles. The molecule has 0 heterocycles. The van der Waals surface area contributed by atoms with Gasteiger partial charge in [0.15, 0.2) is 0 Å². The van der Waals surface area contributed by atoms with E-state index in [9.17, 15) is 10.1 Å². The summed E-state index contributed by atoms with van der Waals surface area (Å²) in [5, 5.41) is 19.4. The fourth-order valence-corrected chi connectivity index (χ4v) is 1.05. The van der Waals surface area contributed by atoms with Crippen molar-refractivity contribution in [3.63, 3.8) is 0 Å². The van der Waals surface area contributed by atoms with E-state index in [1.807, 2.05) is 6.08 Å². The van der Waals surface area contributed by atoms with Crippen LogP contribution in [-0.2, 0) is 4.65 Å². The minimum Gasteiger partial charge on any atom is -0.423 e. The third-order valence-electron chi connectivity index (χ3n) is 2.69. The Bertz CT molecular complexity index is 224. The predicted octanol–water partition coefficient (Wildman–Crippen LogP) is 2.15. The number of allylic oxidation sites excluding steroid dienone is 1. The van der Waals surface area contributed by atoms with Crippen LogP contribution < -0.4 is 0 Å². The second kappa shape index (κ2) is 6.65. The lowest BCUT2D eigenvalue weighted by Crippen LogP contribution is -2.50. The first-order valence-electron chi connectivity index (χ1n) is 5.51. The number of hydrogen-bond acceptors (Lipinski definition) is 3. The molecule has 0 aromatic heterocycles. The summed E-state index contributed by atoms with van der Waals surface area (Å²) in [6.45, 7) is 6.78. The second-order valence-electron chi connectivity index (χ2n) is 4.84. The van der Waals surface area contributed by atoms with Crippen LogP contribution in [0.3, 0.4) is 0 Å². The van der Waals surface area contributed by atoms with E-state index in [1.54, 1.807) is 33.7 Å². The van der Waals surface area contributed by atoms with E-state index < -0.39 is 18.3 Å². The number of unbranched alkanes of at least 4 members (excludes halogenated alkanes) is 1. The van der Waals surface area contributed by atoms with E-state index in [0.29, 0.717) is 5.88 Å². The molecule has 0 rings (SSSR count). The Morgan fingerprint density at radius 1 is 1.31 bits per heavy atom. The number of hydrogen-bond donors (Lipinski definition) is 2. The van der Waals surface area contributed by atoms with Crippen LogP contribution >= 0.6 is 11.6 Å². The summed E-state index contributed by atoms with van der Waals surface area (Å²) in [4.78, 5) is 0. The van der Waals surface area contributed by atoms with E-state index in [0.717, 1.165) is 12.8 Å². The van der Waals surface area contributed by atoms with Crippen molar-refractivity contribution in [3.8, 4) is 0 Å². The van der Waals surface area contributed by atoms with E-state index in [-0.39, 0.29) is 0 Å². The van der Waals surface area contributed by atoms with Gasteiger partial charge in [-0.2, -0.15) is 0 Å². The molecule has 0 fully saturated rings. The van der Waals surface area contributed by atoms with Gasteiger partial charge < -0.3 is 14.8 Å². The third kappa shape index (κ3) is 5.90. The van der Waals surface area contributed by atoms with Crippen LogP contribution in [0.25, 0.3) is 0 Å². The van der Waals surface area contributed by atoms with Gasteiger partial charge in [-0.05, 0) is 40.5 Å². The lowest BCUT2D eigenvalue weighted by atomic mass is 9.83. The van der Waals surface area contributed by atoms with Crippen LogP contribution in [0.1, 0.15) is 40.5 Å². The van der Waals surface area contributed by atoms with Gasteiger partial charge in [0.05, 0.1) is 11.2 Å². The van der Waals surface area contributed by atoms with Crippen molar-refractivity contribution in [2.45, 2.75) is 51.7 Å². The van der Waals surface area contributed by atoms with Gasteiger partial charge in [0.1, 0.15) is 0 Å². The van der Waals surface area contributed by atoms with Gasteiger partial charge in [-0.1, -0.05) is 12.1 Å². The Balaban J connectivity index is 4.13. The summed E-state index contributed by atoms with van der Waals surface area (Å²) < 4.78 is 5.37. The van der Waals surface area contributed by atoms with Gasteiger partial charge >= 0.3 is 7.12 Å². The number of halogens is 1. The van der Waals surface area contributed by atoms with Gasteiger partial charge in [0.2, 0.25) is 0 Å². The van der Waals surface area contributed by atoms with Crippen molar-refractivity contribution in [1.82, 2.24) is 0 Å². The minimum absolute atomic E-state index is 0.608. The highest BCUT2D eigenvalue weighted by molar-refractivity contribution is 6.49.